The number of para-hydroxylation sites is 1. The molecule has 0 spiro atoms. The number of fused-ring (bicyclic) bond motifs is 1. The second kappa shape index (κ2) is 6.19. The Labute approximate surface area is 114 Å². The minimum Gasteiger partial charge on any atom is -0.341 e. The van der Waals surface area contributed by atoms with Crippen LogP contribution in [0, 0.1) is 0 Å². The van der Waals surface area contributed by atoms with Gasteiger partial charge >= 0.3 is 6.03 Å². The van der Waals surface area contributed by atoms with Gasteiger partial charge in [0.05, 0.1) is 11.3 Å². The Balaban J connectivity index is 2.06. The van der Waals surface area contributed by atoms with Crippen LogP contribution in [-0.2, 0) is 4.79 Å². The lowest BCUT2D eigenvalue weighted by Gasteiger charge is -2.05. The van der Waals surface area contributed by atoms with Gasteiger partial charge in [-0.1, -0.05) is 18.2 Å². The molecule has 2 N–H and O–H groups in total. The number of nitrogens with one attached hydrogen (secondary N) is 2. The molecule has 3 amide bonds. The number of pyridine rings is 1. The molecule has 1 heterocycles. The number of hydrogen-bond acceptors (Lipinski definition) is 4. The molecular formula is C13H13N3O2S. The topological polar surface area (TPSA) is 71.1 Å². The fourth-order valence-corrected chi connectivity index (χ4v) is 2.40. The maximum atomic E-state index is 11.5. The third-order valence-electron chi connectivity index (χ3n) is 2.43. The van der Waals surface area contributed by atoms with Gasteiger partial charge in [0.15, 0.2) is 0 Å². The van der Waals surface area contributed by atoms with E-state index in [-0.39, 0.29) is 11.7 Å². The number of carbonyl (C=O) groups is 2. The van der Waals surface area contributed by atoms with Crippen LogP contribution >= 0.6 is 11.8 Å². The zero-order valence-electron chi connectivity index (χ0n) is 10.3. The molecule has 5 nitrogen and oxygen atoms in total. The highest BCUT2D eigenvalue weighted by Gasteiger charge is 2.08. The highest BCUT2D eigenvalue weighted by molar-refractivity contribution is 8.00. The Morgan fingerprint density at radius 3 is 2.84 bits per heavy atom. The van der Waals surface area contributed by atoms with Crippen LogP contribution in [0.5, 0.6) is 0 Å². The molecule has 1 aromatic heterocycles. The number of benzene rings is 1. The molecule has 19 heavy (non-hydrogen) atoms. The molecule has 0 aliphatic carbocycles. The maximum absolute atomic E-state index is 11.5. The third kappa shape index (κ3) is 3.45. The summed E-state index contributed by atoms with van der Waals surface area (Å²) in [5, 5.41) is 5.58. The van der Waals surface area contributed by atoms with E-state index in [0.29, 0.717) is 0 Å². The highest BCUT2D eigenvalue weighted by Crippen LogP contribution is 2.25. The molecule has 98 valence electrons. The van der Waals surface area contributed by atoms with Gasteiger partial charge in [-0.3, -0.25) is 15.1 Å². The molecule has 0 bridgehead atoms. The maximum Gasteiger partial charge on any atom is 0.321 e. The summed E-state index contributed by atoms with van der Waals surface area (Å²) >= 11 is 1.36. The molecule has 1 aromatic carbocycles. The summed E-state index contributed by atoms with van der Waals surface area (Å²) in [6.45, 7) is 0. The van der Waals surface area contributed by atoms with Crippen molar-refractivity contribution >= 4 is 34.6 Å². The van der Waals surface area contributed by atoms with Crippen molar-refractivity contribution in [1.82, 2.24) is 15.6 Å². The van der Waals surface area contributed by atoms with Crippen LogP contribution in [0.1, 0.15) is 0 Å². The van der Waals surface area contributed by atoms with Gasteiger partial charge in [-0.2, -0.15) is 0 Å². The van der Waals surface area contributed by atoms with Crippen molar-refractivity contribution in [3.8, 4) is 0 Å². The van der Waals surface area contributed by atoms with E-state index >= 15 is 0 Å². The minimum atomic E-state index is -0.498. The summed E-state index contributed by atoms with van der Waals surface area (Å²) < 4.78 is 0. The molecular weight excluding hydrogens is 262 g/mol. The molecule has 0 atom stereocenters. The zero-order chi connectivity index (χ0) is 13.7. The van der Waals surface area contributed by atoms with Crippen LogP contribution in [0.15, 0.2) is 41.4 Å². The Morgan fingerprint density at radius 2 is 2.05 bits per heavy atom. The Kier molecular flexibility index (Phi) is 4.35. The number of aromatic nitrogens is 1. The van der Waals surface area contributed by atoms with Crippen molar-refractivity contribution < 1.29 is 9.59 Å². The molecule has 0 fully saturated rings. The molecule has 0 saturated heterocycles. The van der Waals surface area contributed by atoms with Crippen molar-refractivity contribution in [3.05, 3.63) is 36.5 Å². The number of urea groups is 1. The predicted molar refractivity (Wildman–Crippen MR) is 75.1 cm³/mol. The van der Waals surface area contributed by atoms with Crippen LogP contribution < -0.4 is 10.6 Å². The summed E-state index contributed by atoms with van der Waals surface area (Å²) in [4.78, 5) is 27.7. The van der Waals surface area contributed by atoms with Crippen LogP contribution in [0.2, 0.25) is 0 Å². The van der Waals surface area contributed by atoms with Crippen LogP contribution in [-0.4, -0.2) is 29.7 Å². The molecule has 0 aliphatic rings. The van der Waals surface area contributed by atoms with Gasteiger partial charge < -0.3 is 5.32 Å². The van der Waals surface area contributed by atoms with Gasteiger partial charge in [-0.25, -0.2) is 4.79 Å². The quantitative estimate of drug-likeness (QED) is 0.838. The number of thioether (sulfide) groups is 1. The first-order chi connectivity index (χ1) is 9.20. The Morgan fingerprint density at radius 1 is 1.26 bits per heavy atom. The minimum absolute atomic E-state index is 0.170. The molecule has 6 heteroatoms. The fraction of sp³-hybridized carbons (Fsp3) is 0.154. The first-order valence-electron chi connectivity index (χ1n) is 5.69. The van der Waals surface area contributed by atoms with Crippen LogP contribution in [0.4, 0.5) is 4.79 Å². The number of amides is 3. The zero-order valence-corrected chi connectivity index (χ0v) is 11.2. The van der Waals surface area contributed by atoms with E-state index in [9.17, 15) is 9.59 Å². The largest absolute Gasteiger partial charge is 0.341 e. The normalized spacial score (nSPS) is 10.2. The molecule has 2 rings (SSSR count). The molecule has 0 radical (unpaired) electrons. The van der Waals surface area contributed by atoms with Crippen molar-refractivity contribution in [2.24, 2.45) is 0 Å². The molecule has 2 aromatic rings. The highest BCUT2D eigenvalue weighted by atomic mass is 32.2. The first kappa shape index (κ1) is 13.4. The number of carbonyl (C=O) groups excluding carboxylic acids is 2. The fourth-order valence-electron chi connectivity index (χ4n) is 1.56. The summed E-state index contributed by atoms with van der Waals surface area (Å²) in [5.74, 6) is -0.166. The van der Waals surface area contributed by atoms with E-state index in [1.807, 2.05) is 30.3 Å². The molecule has 0 unspecified atom stereocenters. The lowest BCUT2D eigenvalue weighted by molar-refractivity contribution is -0.117. The standard InChI is InChI=1S/C13H13N3O2S/c1-14-13(18)16-11(17)8-19-10-6-2-4-9-5-3-7-15-12(9)10/h2-7H,8H2,1H3,(H2,14,16,17,18). The van der Waals surface area contributed by atoms with Crippen molar-refractivity contribution in [2.45, 2.75) is 4.90 Å². The molecule has 0 aliphatic heterocycles. The van der Waals surface area contributed by atoms with E-state index in [2.05, 4.69) is 15.6 Å². The summed E-state index contributed by atoms with van der Waals surface area (Å²) in [5.41, 5.74) is 0.864. The van der Waals surface area contributed by atoms with Crippen molar-refractivity contribution in [2.75, 3.05) is 12.8 Å². The van der Waals surface area contributed by atoms with Crippen LogP contribution in [0.3, 0.4) is 0 Å². The van der Waals surface area contributed by atoms with Gasteiger partial charge in [-0.05, 0) is 12.1 Å². The third-order valence-corrected chi connectivity index (χ3v) is 3.48. The SMILES string of the molecule is CNC(=O)NC(=O)CSc1cccc2cccnc12. The number of rotatable bonds is 3. The van der Waals surface area contributed by atoms with Gasteiger partial charge in [0, 0.05) is 23.5 Å². The molecule has 0 saturated carbocycles. The van der Waals surface area contributed by atoms with Crippen molar-refractivity contribution in [1.29, 1.82) is 0 Å². The van der Waals surface area contributed by atoms with Crippen molar-refractivity contribution in [3.63, 3.8) is 0 Å². The summed E-state index contributed by atoms with van der Waals surface area (Å²) in [6, 6.07) is 9.14. The lowest BCUT2D eigenvalue weighted by Crippen LogP contribution is -2.38. The second-order valence-corrected chi connectivity index (χ2v) is 4.76. The number of nitrogens with zero attached hydrogens (tertiary/aromatic N) is 1. The van der Waals surface area contributed by atoms with E-state index in [1.54, 1.807) is 6.20 Å². The van der Waals surface area contributed by atoms with E-state index < -0.39 is 6.03 Å². The average molecular weight is 275 g/mol. The summed E-state index contributed by atoms with van der Waals surface area (Å²) in [6.07, 6.45) is 1.72. The average Bonchev–Trinajstić information content (AvgIpc) is 2.44. The number of hydrogen-bond donors (Lipinski definition) is 2. The Hall–Kier alpha value is -2.08. The van der Waals surface area contributed by atoms with Gasteiger partial charge in [-0.15, -0.1) is 11.8 Å². The van der Waals surface area contributed by atoms with Crippen LogP contribution in [0.25, 0.3) is 10.9 Å². The Bertz CT molecular complexity index is 610. The van der Waals surface area contributed by atoms with Gasteiger partial charge in [0.1, 0.15) is 0 Å². The summed E-state index contributed by atoms with van der Waals surface area (Å²) in [7, 11) is 1.46. The monoisotopic (exact) mass is 275 g/mol. The second-order valence-electron chi connectivity index (χ2n) is 3.75. The predicted octanol–water partition coefficient (Wildman–Crippen LogP) is 1.78. The smallest absolute Gasteiger partial charge is 0.321 e. The van der Waals surface area contributed by atoms with E-state index in [1.165, 1.54) is 18.8 Å². The lowest BCUT2D eigenvalue weighted by atomic mass is 10.2. The van der Waals surface area contributed by atoms with Gasteiger partial charge in [0.2, 0.25) is 5.91 Å². The van der Waals surface area contributed by atoms with E-state index in [4.69, 9.17) is 0 Å². The first-order valence-corrected chi connectivity index (χ1v) is 6.67. The van der Waals surface area contributed by atoms with Gasteiger partial charge in [0.25, 0.3) is 0 Å². The number of imide groups is 1. The van der Waals surface area contributed by atoms with E-state index in [0.717, 1.165) is 15.8 Å².